The molecule has 164 valence electrons. The molecule has 0 aromatic rings. The normalized spacial score (nSPS) is 52.5. The molecule has 6 aliphatic rings. The van der Waals surface area contributed by atoms with E-state index in [1.54, 1.807) is 0 Å². The highest BCUT2D eigenvalue weighted by Crippen LogP contribution is 2.71. The molecule has 2 spiro atoms. The van der Waals surface area contributed by atoms with Crippen LogP contribution in [0.3, 0.4) is 0 Å². The Morgan fingerprint density at radius 2 is 1.93 bits per heavy atom. The van der Waals surface area contributed by atoms with Crippen molar-refractivity contribution in [2.45, 2.75) is 63.3 Å². The van der Waals surface area contributed by atoms with Crippen molar-refractivity contribution in [2.24, 2.45) is 28.6 Å². The fourth-order valence-electron chi connectivity index (χ4n) is 8.39. The minimum atomic E-state index is -0.887. The second kappa shape index (κ2) is 6.59. The van der Waals surface area contributed by atoms with Gasteiger partial charge >= 0.3 is 0 Å². The minimum Gasteiger partial charge on any atom is -0.350 e. The molecule has 0 radical (unpaired) electrons. The summed E-state index contributed by atoms with van der Waals surface area (Å²) in [6.45, 7) is 3.01. The highest BCUT2D eigenvalue weighted by atomic mass is 127. The Hall–Kier alpha value is -0.350. The molecule has 1 unspecified atom stereocenters. The van der Waals surface area contributed by atoms with E-state index in [2.05, 4.69) is 29.5 Å². The topological polar surface area (TPSA) is 71.1 Å². The zero-order valence-corrected chi connectivity index (χ0v) is 19.6. The summed E-state index contributed by atoms with van der Waals surface area (Å²) >= 11 is 2.45. The predicted octanol–water partition coefficient (Wildman–Crippen LogP) is 3.56. The summed E-state index contributed by atoms with van der Waals surface area (Å²) < 4.78 is 24.9. The Morgan fingerprint density at radius 3 is 2.70 bits per heavy atom. The maximum absolute atomic E-state index is 13.9. The van der Waals surface area contributed by atoms with Gasteiger partial charge in [-0.25, -0.2) is 0 Å². The molecule has 5 fully saturated rings. The van der Waals surface area contributed by atoms with Gasteiger partial charge in [0.1, 0.15) is 18.0 Å². The van der Waals surface area contributed by atoms with Crippen LogP contribution >= 0.6 is 22.6 Å². The Balaban J connectivity index is 1.42. The molecule has 6 rings (SSSR count). The minimum absolute atomic E-state index is 0.0229. The van der Waals surface area contributed by atoms with Crippen LogP contribution in [0.1, 0.15) is 51.9 Å². The molecule has 2 heterocycles. The van der Waals surface area contributed by atoms with Crippen molar-refractivity contribution in [3.05, 3.63) is 11.6 Å². The van der Waals surface area contributed by atoms with Gasteiger partial charge in [0.2, 0.25) is 5.79 Å². The number of rotatable bonds is 1. The third-order valence-corrected chi connectivity index (χ3v) is 11.0. The highest BCUT2D eigenvalue weighted by Gasteiger charge is 2.77. The second-order valence-electron chi connectivity index (χ2n) is 10.4. The molecule has 0 amide bonds. The summed E-state index contributed by atoms with van der Waals surface area (Å²) in [6.07, 6.45) is 7.54. The third-order valence-electron chi connectivity index (χ3n) is 9.63. The van der Waals surface area contributed by atoms with Gasteiger partial charge in [0.15, 0.2) is 19.4 Å². The number of hydrogen-bond donors (Lipinski definition) is 0. The SMILES string of the molecule is C[C@]12CC(=O)[C@H]3[C@@H](CCC4=CC(=O)CC[C@@]43CI)[C@@H]1CC[C@@]21OCOC12COCO2. The molecule has 0 aromatic carbocycles. The Kier molecular flexibility index (Phi) is 4.45. The Bertz CT molecular complexity index is 828. The number of halogens is 1. The summed E-state index contributed by atoms with van der Waals surface area (Å²) in [6, 6.07) is 0. The summed E-state index contributed by atoms with van der Waals surface area (Å²) in [5.41, 5.74) is 0.151. The summed E-state index contributed by atoms with van der Waals surface area (Å²) in [5, 5.41) is 0. The maximum Gasteiger partial charge on any atom is 0.226 e. The highest BCUT2D eigenvalue weighted by molar-refractivity contribution is 14.1. The van der Waals surface area contributed by atoms with Crippen molar-refractivity contribution in [3.8, 4) is 0 Å². The molecular weight excluding hydrogens is 499 g/mol. The van der Waals surface area contributed by atoms with Crippen molar-refractivity contribution in [2.75, 3.05) is 24.6 Å². The van der Waals surface area contributed by atoms with Crippen molar-refractivity contribution < 1.29 is 28.5 Å². The first-order valence-electron chi connectivity index (χ1n) is 11.2. The molecule has 0 aromatic heterocycles. The number of hydrogen-bond acceptors (Lipinski definition) is 6. The van der Waals surface area contributed by atoms with E-state index in [9.17, 15) is 9.59 Å². The molecule has 0 bridgehead atoms. The second-order valence-corrected chi connectivity index (χ2v) is 11.2. The molecule has 4 aliphatic carbocycles. The molecule has 7 heteroatoms. The summed E-state index contributed by atoms with van der Waals surface area (Å²) in [7, 11) is 0. The molecule has 0 N–H and O–H groups in total. The Labute approximate surface area is 190 Å². The van der Waals surface area contributed by atoms with Gasteiger partial charge < -0.3 is 18.9 Å². The van der Waals surface area contributed by atoms with E-state index in [1.165, 1.54) is 5.57 Å². The first-order chi connectivity index (χ1) is 14.4. The van der Waals surface area contributed by atoms with Gasteiger partial charge in [-0.2, -0.15) is 0 Å². The van der Waals surface area contributed by atoms with Crippen molar-refractivity contribution in [1.82, 2.24) is 0 Å². The average Bonchev–Trinajstić information content (AvgIpc) is 3.42. The molecule has 3 saturated carbocycles. The van der Waals surface area contributed by atoms with E-state index < -0.39 is 11.4 Å². The predicted molar refractivity (Wildman–Crippen MR) is 115 cm³/mol. The summed E-state index contributed by atoms with van der Waals surface area (Å²) in [5.74, 6) is 0.438. The summed E-state index contributed by atoms with van der Waals surface area (Å²) in [4.78, 5) is 26.1. The third kappa shape index (κ3) is 2.24. The molecule has 6 nitrogen and oxygen atoms in total. The lowest BCUT2D eigenvalue weighted by Gasteiger charge is -2.59. The van der Waals surface area contributed by atoms with E-state index in [1.807, 2.05) is 6.08 Å². The van der Waals surface area contributed by atoms with Crippen molar-refractivity contribution in [3.63, 3.8) is 0 Å². The fraction of sp³-hybridized carbons (Fsp3) is 0.826. The van der Waals surface area contributed by atoms with Gasteiger partial charge in [0.05, 0.1) is 0 Å². The van der Waals surface area contributed by atoms with Crippen molar-refractivity contribution >= 4 is 34.2 Å². The largest absolute Gasteiger partial charge is 0.350 e. The van der Waals surface area contributed by atoms with Gasteiger partial charge in [0.25, 0.3) is 0 Å². The van der Waals surface area contributed by atoms with E-state index in [0.717, 1.165) is 36.5 Å². The maximum atomic E-state index is 13.9. The molecule has 2 aliphatic heterocycles. The Morgan fingerprint density at radius 1 is 1.10 bits per heavy atom. The number of allylic oxidation sites excluding steroid dienone is 1. The zero-order chi connectivity index (χ0) is 20.8. The number of alkyl halides is 1. The van der Waals surface area contributed by atoms with Gasteiger partial charge in [0, 0.05) is 34.0 Å². The van der Waals surface area contributed by atoms with Crippen LogP contribution in [0.4, 0.5) is 0 Å². The van der Waals surface area contributed by atoms with E-state index in [-0.39, 0.29) is 36.1 Å². The van der Waals surface area contributed by atoms with Crippen LogP contribution < -0.4 is 0 Å². The standard InChI is InChI=1S/C23H29IO6/c1-20-9-18(26)19-16(3-2-14-8-15(25)4-6-21(14,19)10-24)17(20)5-7-22(20)23(30-13-28-22)11-27-12-29-23/h8,16-17,19H,2-7,9-13H2,1H3/t16-,17-,19+,20-,21+,22+,23?/m0/s1. The van der Waals surface area contributed by atoms with Gasteiger partial charge in [-0.15, -0.1) is 0 Å². The van der Waals surface area contributed by atoms with Crippen molar-refractivity contribution in [1.29, 1.82) is 0 Å². The fourth-order valence-corrected chi connectivity index (χ4v) is 9.73. The van der Waals surface area contributed by atoms with Gasteiger partial charge in [-0.05, 0) is 50.0 Å². The first kappa shape index (κ1) is 20.3. The smallest absolute Gasteiger partial charge is 0.226 e. The van der Waals surface area contributed by atoms with Crippen LogP contribution in [0.15, 0.2) is 11.6 Å². The quantitative estimate of drug-likeness (QED) is 0.383. The van der Waals surface area contributed by atoms with E-state index >= 15 is 0 Å². The number of ether oxygens (including phenoxy) is 4. The van der Waals surface area contributed by atoms with Gasteiger partial charge in [-0.1, -0.05) is 35.1 Å². The number of carbonyl (C=O) groups excluding carboxylic acids is 2. The first-order valence-corrected chi connectivity index (χ1v) is 12.8. The molecule has 2 saturated heterocycles. The number of carbonyl (C=O) groups is 2. The van der Waals surface area contributed by atoms with Crippen LogP contribution in [0.25, 0.3) is 0 Å². The van der Waals surface area contributed by atoms with Crippen LogP contribution in [0.5, 0.6) is 0 Å². The molecular formula is C23H29IO6. The van der Waals surface area contributed by atoms with Gasteiger partial charge in [-0.3, -0.25) is 9.59 Å². The zero-order valence-electron chi connectivity index (χ0n) is 17.4. The lowest BCUT2D eigenvalue weighted by atomic mass is 9.45. The molecule has 30 heavy (non-hydrogen) atoms. The van der Waals surface area contributed by atoms with E-state index in [4.69, 9.17) is 18.9 Å². The van der Waals surface area contributed by atoms with Crippen LogP contribution in [-0.2, 0) is 28.5 Å². The lowest BCUT2D eigenvalue weighted by Crippen LogP contribution is -2.65. The van der Waals surface area contributed by atoms with Crippen LogP contribution in [0.2, 0.25) is 0 Å². The van der Waals surface area contributed by atoms with E-state index in [0.29, 0.717) is 37.1 Å². The van der Waals surface area contributed by atoms with Crippen LogP contribution in [0, 0.1) is 28.6 Å². The molecule has 7 atom stereocenters. The number of fused-ring (bicyclic) bond motifs is 7. The van der Waals surface area contributed by atoms with Crippen LogP contribution in [-0.4, -0.2) is 47.6 Å². The number of Topliss-reactive ketones (excluding diaryl/α,β-unsaturated/α-hetero) is 1. The lowest BCUT2D eigenvalue weighted by molar-refractivity contribution is -0.246. The number of ketones is 2. The average molecular weight is 528 g/mol. The monoisotopic (exact) mass is 528 g/mol.